The lowest BCUT2D eigenvalue weighted by atomic mass is 10.1. The van der Waals surface area contributed by atoms with E-state index in [4.69, 9.17) is 9.47 Å². The first-order valence-electron chi connectivity index (χ1n) is 4.71. The summed E-state index contributed by atoms with van der Waals surface area (Å²) in [6.07, 6.45) is -0.754. The summed E-state index contributed by atoms with van der Waals surface area (Å²) < 4.78 is 10.7. The van der Waals surface area contributed by atoms with Gasteiger partial charge in [0.1, 0.15) is 12.2 Å². The van der Waals surface area contributed by atoms with E-state index in [2.05, 4.69) is 0 Å². The molecule has 1 fully saturated rings. The van der Waals surface area contributed by atoms with Gasteiger partial charge in [0, 0.05) is 9.75 Å². The summed E-state index contributed by atoms with van der Waals surface area (Å²) in [4.78, 5) is 2.16. The first kappa shape index (κ1) is 10.1. The predicted molar refractivity (Wildman–Crippen MR) is 54.6 cm³/mol. The molecule has 0 saturated carbocycles. The average molecular weight is 214 g/mol. The van der Waals surface area contributed by atoms with Crippen LogP contribution in [0.25, 0.3) is 0 Å². The van der Waals surface area contributed by atoms with Crippen molar-refractivity contribution in [3.63, 3.8) is 0 Å². The van der Waals surface area contributed by atoms with E-state index in [1.54, 1.807) is 11.3 Å². The van der Waals surface area contributed by atoms with Crippen LogP contribution in [0.2, 0.25) is 0 Å². The van der Waals surface area contributed by atoms with Crippen LogP contribution in [-0.2, 0) is 9.47 Å². The van der Waals surface area contributed by atoms with Gasteiger partial charge in [-0.25, -0.2) is 0 Å². The molecule has 3 nitrogen and oxygen atoms in total. The Kier molecular flexibility index (Phi) is 3.18. The van der Waals surface area contributed by atoms with E-state index in [1.807, 2.05) is 19.1 Å². The van der Waals surface area contributed by atoms with Crippen LogP contribution in [-0.4, -0.2) is 31.0 Å². The SMILES string of the molecule is Cc1ccc(C(O)C2COCCO2)s1. The Balaban J connectivity index is 2.03. The Bertz CT molecular complexity index is 291. The number of hydrogen-bond donors (Lipinski definition) is 1. The lowest BCUT2D eigenvalue weighted by molar-refractivity contribution is -0.132. The van der Waals surface area contributed by atoms with Crippen LogP contribution in [0, 0.1) is 6.92 Å². The molecule has 0 spiro atoms. The molecule has 0 amide bonds. The second kappa shape index (κ2) is 4.40. The molecule has 0 bridgehead atoms. The number of rotatable bonds is 2. The predicted octanol–water partition coefficient (Wildman–Crippen LogP) is 1.51. The Morgan fingerprint density at radius 2 is 2.36 bits per heavy atom. The molecule has 1 N–H and O–H groups in total. The van der Waals surface area contributed by atoms with Crippen molar-refractivity contribution in [1.29, 1.82) is 0 Å². The molecule has 78 valence electrons. The van der Waals surface area contributed by atoms with Crippen molar-refractivity contribution in [2.45, 2.75) is 19.1 Å². The van der Waals surface area contributed by atoms with E-state index in [1.165, 1.54) is 4.88 Å². The first-order chi connectivity index (χ1) is 6.77. The zero-order chi connectivity index (χ0) is 9.97. The summed E-state index contributed by atoms with van der Waals surface area (Å²) in [7, 11) is 0. The van der Waals surface area contributed by atoms with Crippen molar-refractivity contribution in [1.82, 2.24) is 0 Å². The number of aryl methyl sites for hydroxylation is 1. The fraction of sp³-hybridized carbons (Fsp3) is 0.600. The van der Waals surface area contributed by atoms with Crippen molar-refractivity contribution in [2.75, 3.05) is 19.8 Å². The van der Waals surface area contributed by atoms with Gasteiger partial charge in [-0.15, -0.1) is 11.3 Å². The van der Waals surface area contributed by atoms with Crippen molar-refractivity contribution in [3.05, 3.63) is 21.9 Å². The summed E-state index contributed by atoms with van der Waals surface area (Å²) >= 11 is 1.60. The Hall–Kier alpha value is -0.420. The molecule has 1 aromatic heterocycles. The van der Waals surface area contributed by atoms with Crippen LogP contribution < -0.4 is 0 Å². The van der Waals surface area contributed by atoms with Crippen molar-refractivity contribution in [2.24, 2.45) is 0 Å². The van der Waals surface area contributed by atoms with Crippen molar-refractivity contribution in [3.8, 4) is 0 Å². The molecular formula is C10H14O3S. The van der Waals surface area contributed by atoms with Gasteiger partial charge in [0.25, 0.3) is 0 Å². The largest absolute Gasteiger partial charge is 0.385 e. The van der Waals surface area contributed by atoms with Gasteiger partial charge < -0.3 is 14.6 Å². The molecule has 14 heavy (non-hydrogen) atoms. The molecule has 1 aliphatic rings. The molecule has 1 saturated heterocycles. The quantitative estimate of drug-likeness (QED) is 0.811. The summed E-state index contributed by atoms with van der Waals surface area (Å²) in [5, 5.41) is 9.96. The smallest absolute Gasteiger partial charge is 0.117 e. The lowest BCUT2D eigenvalue weighted by Crippen LogP contribution is -2.33. The summed E-state index contributed by atoms with van der Waals surface area (Å²) in [6, 6.07) is 3.95. The molecule has 2 atom stereocenters. The molecule has 0 radical (unpaired) electrons. The van der Waals surface area contributed by atoms with Gasteiger partial charge in [-0.1, -0.05) is 0 Å². The summed E-state index contributed by atoms with van der Waals surface area (Å²) in [6.45, 7) is 3.72. The van der Waals surface area contributed by atoms with Gasteiger partial charge in [0.15, 0.2) is 0 Å². The second-order valence-electron chi connectivity index (χ2n) is 3.38. The highest BCUT2D eigenvalue weighted by Crippen LogP contribution is 2.27. The van der Waals surface area contributed by atoms with Gasteiger partial charge in [0.05, 0.1) is 19.8 Å². The van der Waals surface area contributed by atoms with Gasteiger partial charge in [-0.05, 0) is 19.1 Å². The number of aliphatic hydroxyl groups is 1. The molecule has 2 unspecified atom stereocenters. The third-order valence-corrected chi connectivity index (χ3v) is 3.32. The van der Waals surface area contributed by atoms with Gasteiger partial charge in [-0.2, -0.15) is 0 Å². The van der Waals surface area contributed by atoms with E-state index in [0.29, 0.717) is 19.8 Å². The number of hydrogen-bond acceptors (Lipinski definition) is 4. The van der Waals surface area contributed by atoms with E-state index in [0.717, 1.165) is 4.88 Å². The maximum Gasteiger partial charge on any atom is 0.117 e. The van der Waals surface area contributed by atoms with Crippen LogP contribution in [0.15, 0.2) is 12.1 Å². The third kappa shape index (κ3) is 2.15. The Morgan fingerprint density at radius 3 is 2.93 bits per heavy atom. The van der Waals surface area contributed by atoms with Crippen LogP contribution in [0.3, 0.4) is 0 Å². The van der Waals surface area contributed by atoms with Crippen molar-refractivity contribution < 1.29 is 14.6 Å². The van der Waals surface area contributed by atoms with Crippen LogP contribution in [0.4, 0.5) is 0 Å². The van der Waals surface area contributed by atoms with Crippen LogP contribution >= 0.6 is 11.3 Å². The molecule has 2 heterocycles. The minimum atomic E-state index is -0.547. The number of aliphatic hydroxyl groups excluding tert-OH is 1. The Morgan fingerprint density at radius 1 is 1.50 bits per heavy atom. The van der Waals surface area contributed by atoms with Crippen molar-refractivity contribution >= 4 is 11.3 Å². The molecule has 2 rings (SSSR count). The van der Waals surface area contributed by atoms with E-state index < -0.39 is 6.10 Å². The average Bonchev–Trinajstić information content (AvgIpc) is 2.65. The van der Waals surface area contributed by atoms with Crippen LogP contribution in [0.5, 0.6) is 0 Å². The van der Waals surface area contributed by atoms with Gasteiger partial charge >= 0.3 is 0 Å². The van der Waals surface area contributed by atoms with E-state index in [9.17, 15) is 5.11 Å². The molecular weight excluding hydrogens is 200 g/mol. The zero-order valence-corrected chi connectivity index (χ0v) is 8.92. The fourth-order valence-electron chi connectivity index (χ4n) is 1.48. The minimum absolute atomic E-state index is 0.207. The summed E-state index contributed by atoms with van der Waals surface area (Å²) in [5.41, 5.74) is 0. The summed E-state index contributed by atoms with van der Waals surface area (Å²) in [5.74, 6) is 0. The van der Waals surface area contributed by atoms with Crippen LogP contribution in [0.1, 0.15) is 15.9 Å². The highest BCUT2D eigenvalue weighted by molar-refractivity contribution is 7.12. The zero-order valence-electron chi connectivity index (χ0n) is 8.10. The van der Waals surface area contributed by atoms with E-state index in [-0.39, 0.29) is 6.10 Å². The number of ether oxygens (including phenoxy) is 2. The van der Waals surface area contributed by atoms with Gasteiger partial charge in [-0.3, -0.25) is 0 Å². The lowest BCUT2D eigenvalue weighted by Gasteiger charge is -2.26. The minimum Gasteiger partial charge on any atom is -0.385 e. The molecule has 1 aromatic rings. The maximum absolute atomic E-state index is 9.96. The number of thiophene rings is 1. The molecule has 1 aliphatic heterocycles. The standard InChI is InChI=1S/C10H14O3S/c1-7-2-3-9(14-7)10(11)8-6-12-4-5-13-8/h2-3,8,10-11H,4-6H2,1H3. The Labute approximate surface area is 87.3 Å². The highest BCUT2D eigenvalue weighted by Gasteiger charge is 2.25. The topological polar surface area (TPSA) is 38.7 Å². The highest BCUT2D eigenvalue weighted by atomic mass is 32.1. The molecule has 0 aliphatic carbocycles. The molecule has 0 aromatic carbocycles. The fourth-order valence-corrected chi connectivity index (χ4v) is 2.40. The monoisotopic (exact) mass is 214 g/mol. The van der Waals surface area contributed by atoms with E-state index >= 15 is 0 Å². The third-order valence-electron chi connectivity index (χ3n) is 2.25. The second-order valence-corrected chi connectivity index (χ2v) is 4.70. The molecule has 4 heteroatoms. The maximum atomic E-state index is 9.96. The first-order valence-corrected chi connectivity index (χ1v) is 5.53. The van der Waals surface area contributed by atoms with Gasteiger partial charge in [0.2, 0.25) is 0 Å². The normalized spacial score (nSPS) is 24.9.